The summed E-state index contributed by atoms with van der Waals surface area (Å²) in [6, 6.07) is 20.9. The van der Waals surface area contributed by atoms with Crippen molar-refractivity contribution in [1.82, 2.24) is 19.7 Å². The molecule has 6 nitrogen and oxygen atoms in total. The Labute approximate surface area is 188 Å². The Balaban J connectivity index is 1.53. The molecule has 0 spiro atoms. The summed E-state index contributed by atoms with van der Waals surface area (Å²) in [5, 5.41) is 8.32. The van der Waals surface area contributed by atoms with E-state index in [9.17, 15) is 0 Å². The maximum atomic E-state index is 6.52. The first kappa shape index (κ1) is 18.7. The lowest BCUT2D eigenvalue weighted by Crippen LogP contribution is -2.43. The Bertz CT molecular complexity index is 1280. The van der Waals surface area contributed by atoms with E-state index in [-0.39, 0.29) is 5.54 Å². The Morgan fingerprint density at radius 3 is 2.45 bits per heavy atom. The fraction of sp³-hybridized carbons (Fsp3) is 0.208. The smallest absolute Gasteiger partial charge is 0.239 e. The van der Waals surface area contributed by atoms with Crippen LogP contribution in [0.15, 0.2) is 65.4 Å². The van der Waals surface area contributed by atoms with Crippen molar-refractivity contribution in [2.45, 2.75) is 31.4 Å². The van der Waals surface area contributed by atoms with E-state index in [0.717, 1.165) is 46.7 Å². The van der Waals surface area contributed by atoms with Crippen molar-refractivity contribution in [1.29, 1.82) is 0 Å². The molecule has 2 aromatic carbocycles. The van der Waals surface area contributed by atoms with Crippen molar-refractivity contribution in [2.75, 3.05) is 0 Å². The van der Waals surface area contributed by atoms with Gasteiger partial charge in [0, 0.05) is 16.7 Å². The molecule has 6 rings (SSSR count). The van der Waals surface area contributed by atoms with Gasteiger partial charge in [-0.25, -0.2) is 4.98 Å². The van der Waals surface area contributed by atoms with Crippen LogP contribution in [0.4, 0.5) is 0 Å². The molecule has 2 N–H and O–H groups in total. The van der Waals surface area contributed by atoms with Crippen LogP contribution >= 0.6 is 15.9 Å². The number of halogens is 1. The minimum atomic E-state index is -0.176. The first-order chi connectivity index (χ1) is 15.1. The first-order valence-corrected chi connectivity index (χ1v) is 11.1. The van der Waals surface area contributed by atoms with Gasteiger partial charge in [0.05, 0.1) is 5.69 Å². The van der Waals surface area contributed by atoms with Crippen LogP contribution in [0.5, 0.6) is 5.88 Å². The number of rotatable bonds is 3. The quantitative estimate of drug-likeness (QED) is 0.453. The molecule has 0 radical (unpaired) electrons. The second kappa shape index (κ2) is 7.00. The molecular weight excluding hydrogens is 454 g/mol. The largest absolute Gasteiger partial charge is 0.468 e. The van der Waals surface area contributed by atoms with Gasteiger partial charge in [-0.1, -0.05) is 54.6 Å². The highest BCUT2D eigenvalue weighted by Gasteiger charge is 2.34. The predicted molar refractivity (Wildman–Crippen MR) is 122 cm³/mol. The minimum absolute atomic E-state index is 0.176. The number of hydrogen-bond donors (Lipinski definition) is 1. The van der Waals surface area contributed by atoms with Crippen molar-refractivity contribution in [3.8, 4) is 34.0 Å². The molecule has 0 amide bonds. The van der Waals surface area contributed by atoms with E-state index < -0.39 is 0 Å². The number of hydrogen-bond acceptors (Lipinski definition) is 5. The maximum absolute atomic E-state index is 6.52. The summed E-state index contributed by atoms with van der Waals surface area (Å²) in [6.45, 7) is 0.331. The molecular formula is C24H20BrN5O. The molecule has 1 aliphatic carbocycles. The Morgan fingerprint density at radius 1 is 0.968 bits per heavy atom. The zero-order chi connectivity index (χ0) is 21.0. The minimum Gasteiger partial charge on any atom is -0.468 e. The van der Waals surface area contributed by atoms with Crippen LogP contribution in [-0.2, 0) is 12.1 Å². The number of nitrogens with two attached hydrogens (primary N) is 1. The molecule has 7 heteroatoms. The van der Waals surface area contributed by atoms with Gasteiger partial charge in [0.2, 0.25) is 10.6 Å². The number of aromatic nitrogens is 4. The maximum Gasteiger partial charge on any atom is 0.239 e. The zero-order valence-corrected chi connectivity index (χ0v) is 18.3. The van der Waals surface area contributed by atoms with Gasteiger partial charge in [0.1, 0.15) is 5.69 Å². The molecule has 1 saturated carbocycles. The molecule has 1 fully saturated rings. The van der Waals surface area contributed by atoms with Gasteiger partial charge in [0.25, 0.3) is 0 Å². The second-order valence-electron chi connectivity index (χ2n) is 8.17. The molecule has 2 aromatic heterocycles. The summed E-state index contributed by atoms with van der Waals surface area (Å²) in [5.74, 6) is 1.31. The van der Waals surface area contributed by atoms with Gasteiger partial charge in [-0.15, -0.1) is 10.2 Å². The molecule has 3 heterocycles. The van der Waals surface area contributed by atoms with Gasteiger partial charge in [-0.2, -0.15) is 0 Å². The van der Waals surface area contributed by atoms with Crippen LogP contribution in [0.25, 0.3) is 28.1 Å². The predicted octanol–water partition coefficient (Wildman–Crippen LogP) is 4.99. The van der Waals surface area contributed by atoms with E-state index >= 15 is 0 Å². The second-order valence-corrected chi connectivity index (χ2v) is 8.88. The monoisotopic (exact) mass is 473 g/mol. The van der Waals surface area contributed by atoms with Crippen molar-refractivity contribution in [3.63, 3.8) is 0 Å². The third-order valence-corrected chi connectivity index (χ3v) is 6.82. The number of fused-ring (bicyclic) bond motifs is 3. The summed E-state index contributed by atoms with van der Waals surface area (Å²) >= 11 is 3.50. The normalized spacial score (nSPS) is 16.1. The van der Waals surface area contributed by atoms with Gasteiger partial charge in [-0.05, 0) is 52.4 Å². The highest BCUT2D eigenvalue weighted by atomic mass is 79.9. The Kier molecular flexibility index (Phi) is 4.23. The van der Waals surface area contributed by atoms with Crippen LogP contribution in [-0.4, -0.2) is 19.7 Å². The zero-order valence-electron chi connectivity index (χ0n) is 16.8. The molecule has 0 saturated heterocycles. The van der Waals surface area contributed by atoms with E-state index in [0.29, 0.717) is 17.2 Å². The van der Waals surface area contributed by atoms with Crippen LogP contribution in [0.3, 0.4) is 0 Å². The Hall–Kier alpha value is -3.03. The third kappa shape index (κ3) is 2.99. The van der Waals surface area contributed by atoms with Gasteiger partial charge >= 0.3 is 0 Å². The number of pyridine rings is 1. The van der Waals surface area contributed by atoms with E-state index in [1.54, 1.807) is 0 Å². The fourth-order valence-electron chi connectivity index (χ4n) is 4.38. The summed E-state index contributed by atoms with van der Waals surface area (Å²) in [6.07, 6.45) is 3.28. The molecule has 0 bridgehead atoms. The van der Waals surface area contributed by atoms with Gasteiger partial charge in [0.15, 0.2) is 12.4 Å². The van der Waals surface area contributed by atoms with Crippen molar-refractivity contribution >= 4 is 15.9 Å². The van der Waals surface area contributed by atoms with E-state index in [4.69, 9.17) is 15.5 Å². The highest BCUT2D eigenvalue weighted by molar-refractivity contribution is 9.10. The fourth-order valence-corrected chi connectivity index (χ4v) is 4.85. The van der Waals surface area contributed by atoms with Crippen molar-refractivity contribution in [2.24, 2.45) is 5.73 Å². The van der Waals surface area contributed by atoms with Gasteiger partial charge in [-0.3, -0.25) is 4.57 Å². The lowest BCUT2D eigenvalue weighted by molar-refractivity contribution is 0.253. The number of benzene rings is 2. The SMILES string of the molecule is NC1(c2ccc(-c3nc4c(cc3-c3ccccc3)-n3c(Br)nnc3CO4)cc2)CCC1. The molecule has 2 aliphatic rings. The summed E-state index contributed by atoms with van der Waals surface area (Å²) in [4.78, 5) is 4.95. The van der Waals surface area contributed by atoms with Crippen LogP contribution in [0.2, 0.25) is 0 Å². The van der Waals surface area contributed by atoms with Crippen molar-refractivity contribution < 1.29 is 4.74 Å². The van der Waals surface area contributed by atoms with Crippen molar-refractivity contribution in [3.05, 3.63) is 76.8 Å². The summed E-state index contributed by atoms with van der Waals surface area (Å²) < 4.78 is 8.53. The molecule has 0 atom stereocenters. The van der Waals surface area contributed by atoms with Crippen LogP contribution in [0.1, 0.15) is 30.7 Å². The van der Waals surface area contributed by atoms with E-state index in [1.165, 1.54) is 12.0 Å². The molecule has 4 aromatic rings. The van der Waals surface area contributed by atoms with Crippen LogP contribution in [0, 0.1) is 0 Å². The topological polar surface area (TPSA) is 78.9 Å². The molecule has 1 aliphatic heterocycles. The molecule has 154 valence electrons. The third-order valence-electron chi connectivity index (χ3n) is 6.30. The summed E-state index contributed by atoms with van der Waals surface area (Å²) in [5.41, 5.74) is 12.4. The highest BCUT2D eigenvalue weighted by Crippen LogP contribution is 2.41. The standard InChI is InChI=1S/C24H20BrN5O/c25-23-29-28-20-14-31-22-19(30(20)23)13-18(15-5-2-1-3-6-15)21(27-22)16-7-9-17(10-8-16)24(26)11-4-12-24/h1-3,5-10,13H,4,11-12,14,26H2. The Morgan fingerprint density at radius 2 is 1.74 bits per heavy atom. The number of nitrogens with zero attached hydrogens (tertiary/aromatic N) is 4. The van der Waals surface area contributed by atoms with E-state index in [2.05, 4.69) is 68.6 Å². The average molecular weight is 474 g/mol. The van der Waals surface area contributed by atoms with E-state index in [1.807, 2.05) is 22.8 Å². The molecule has 0 unspecified atom stereocenters. The number of ether oxygens (including phenoxy) is 1. The lowest BCUT2D eigenvalue weighted by Gasteiger charge is -2.38. The first-order valence-electron chi connectivity index (χ1n) is 10.4. The average Bonchev–Trinajstić information content (AvgIpc) is 3.18. The lowest BCUT2D eigenvalue weighted by atomic mass is 9.72. The summed E-state index contributed by atoms with van der Waals surface area (Å²) in [7, 11) is 0. The van der Waals surface area contributed by atoms with Gasteiger partial charge < -0.3 is 10.5 Å². The van der Waals surface area contributed by atoms with Crippen LogP contribution < -0.4 is 10.5 Å². The molecule has 31 heavy (non-hydrogen) atoms.